The summed E-state index contributed by atoms with van der Waals surface area (Å²) in [4.78, 5) is 27.9. The third-order valence-corrected chi connectivity index (χ3v) is 4.81. The van der Waals surface area contributed by atoms with Gasteiger partial charge in [0.2, 0.25) is 0 Å². The van der Waals surface area contributed by atoms with Gasteiger partial charge in [-0.05, 0) is 12.1 Å². The van der Waals surface area contributed by atoms with Crippen molar-refractivity contribution >= 4 is 5.91 Å². The van der Waals surface area contributed by atoms with E-state index in [1.165, 1.54) is 4.68 Å². The van der Waals surface area contributed by atoms with E-state index in [0.717, 1.165) is 0 Å². The molecule has 1 fully saturated rings. The van der Waals surface area contributed by atoms with E-state index in [-0.39, 0.29) is 11.5 Å². The first kappa shape index (κ1) is 18.4. The molecule has 0 saturated carbocycles. The quantitative estimate of drug-likeness (QED) is 0.664. The zero-order valence-electron chi connectivity index (χ0n) is 15.7. The molecule has 0 aromatic heterocycles. The molecule has 3 aliphatic heterocycles. The fraction of sp³-hybridized carbons (Fsp3) is 0.350. The summed E-state index contributed by atoms with van der Waals surface area (Å²) >= 11 is 0. The van der Waals surface area contributed by atoms with E-state index in [2.05, 4.69) is 5.10 Å². The van der Waals surface area contributed by atoms with Crippen molar-refractivity contribution in [1.29, 1.82) is 0 Å². The lowest BCUT2D eigenvalue weighted by Gasteiger charge is -2.27. The zero-order chi connectivity index (χ0) is 19.5. The maximum absolute atomic E-state index is 13.2. The number of pyridine rings is 1. The average molecular weight is 382 g/mol. The number of hydrogen-bond donors (Lipinski definition) is 0. The molecule has 146 valence electrons. The van der Waals surface area contributed by atoms with Gasteiger partial charge in [0.1, 0.15) is 5.69 Å². The number of carbonyl (C=O) groups is 1. The van der Waals surface area contributed by atoms with Crippen molar-refractivity contribution < 1.29 is 14.3 Å². The molecule has 0 unspecified atom stereocenters. The highest BCUT2D eigenvalue weighted by molar-refractivity contribution is 6.00. The van der Waals surface area contributed by atoms with Crippen molar-refractivity contribution in [3.63, 3.8) is 0 Å². The fourth-order valence-corrected chi connectivity index (χ4v) is 3.32. The van der Waals surface area contributed by atoms with Crippen LogP contribution in [0.3, 0.4) is 0 Å². The van der Waals surface area contributed by atoms with Crippen molar-refractivity contribution in [3.8, 4) is 16.9 Å². The van der Waals surface area contributed by atoms with Gasteiger partial charge in [0.15, 0.2) is 0 Å². The van der Waals surface area contributed by atoms with Crippen LogP contribution in [0.15, 0.2) is 47.5 Å². The van der Waals surface area contributed by atoms with Crippen LogP contribution in [0.25, 0.3) is 16.9 Å². The second kappa shape index (κ2) is 7.95. The Kier molecular flexibility index (Phi) is 5.23. The number of para-hydroxylation sites is 1. The van der Waals surface area contributed by atoms with Crippen LogP contribution in [0, 0.1) is 0 Å². The molecule has 3 aliphatic rings. The van der Waals surface area contributed by atoms with E-state index in [4.69, 9.17) is 9.47 Å². The monoisotopic (exact) mass is 382 g/mol. The SMILES string of the molecule is COCCn1cc(C(=O)N2CCOCC2)c2nn(-c3ccccc3)c(=O)c-2c1. The van der Waals surface area contributed by atoms with E-state index in [1.54, 1.807) is 24.4 Å². The summed E-state index contributed by atoms with van der Waals surface area (Å²) in [5.41, 5.74) is 1.67. The molecule has 3 heterocycles. The largest absolute Gasteiger partial charge is 0.383 e. The van der Waals surface area contributed by atoms with E-state index in [1.807, 2.05) is 34.9 Å². The van der Waals surface area contributed by atoms with Crippen molar-refractivity contribution in [2.45, 2.75) is 6.54 Å². The molecular weight excluding hydrogens is 360 g/mol. The van der Waals surface area contributed by atoms with E-state index in [0.29, 0.717) is 62.0 Å². The van der Waals surface area contributed by atoms with Crippen LogP contribution in [0.2, 0.25) is 0 Å². The third kappa shape index (κ3) is 3.44. The number of morpholine rings is 1. The number of carbonyl (C=O) groups excluding carboxylic acids is 1. The molecule has 0 atom stereocenters. The molecule has 1 aromatic rings. The Morgan fingerprint density at radius 3 is 2.64 bits per heavy atom. The minimum absolute atomic E-state index is 0.141. The zero-order valence-corrected chi connectivity index (χ0v) is 15.7. The summed E-state index contributed by atoms with van der Waals surface area (Å²) in [5, 5.41) is 4.50. The molecule has 0 aliphatic carbocycles. The Balaban J connectivity index is 1.84. The molecule has 0 spiro atoms. The molecule has 4 rings (SSSR count). The van der Waals surface area contributed by atoms with E-state index >= 15 is 0 Å². The Morgan fingerprint density at radius 1 is 1.18 bits per heavy atom. The van der Waals surface area contributed by atoms with Crippen LogP contribution in [0.5, 0.6) is 0 Å². The Bertz CT molecular complexity index is 989. The van der Waals surface area contributed by atoms with Crippen LogP contribution in [-0.2, 0) is 16.0 Å². The first-order valence-electron chi connectivity index (χ1n) is 9.23. The highest BCUT2D eigenvalue weighted by atomic mass is 16.5. The van der Waals surface area contributed by atoms with Gasteiger partial charge in [-0.1, -0.05) is 18.2 Å². The van der Waals surface area contributed by atoms with Gasteiger partial charge in [0, 0.05) is 39.1 Å². The van der Waals surface area contributed by atoms with Crippen molar-refractivity contribution in [2.24, 2.45) is 0 Å². The number of nitrogens with zero attached hydrogens (tertiary/aromatic N) is 4. The summed E-state index contributed by atoms with van der Waals surface area (Å²) in [5.74, 6) is -0.141. The molecule has 8 heteroatoms. The van der Waals surface area contributed by atoms with Gasteiger partial charge in [0.25, 0.3) is 11.5 Å². The number of fused-ring (bicyclic) bond motifs is 1. The third-order valence-electron chi connectivity index (χ3n) is 4.81. The minimum Gasteiger partial charge on any atom is -0.383 e. The van der Waals surface area contributed by atoms with Crippen molar-refractivity contribution in [1.82, 2.24) is 19.2 Å². The van der Waals surface area contributed by atoms with Gasteiger partial charge >= 0.3 is 0 Å². The molecule has 28 heavy (non-hydrogen) atoms. The van der Waals surface area contributed by atoms with Crippen LogP contribution >= 0.6 is 0 Å². The molecule has 0 radical (unpaired) electrons. The fourth-order valence-electron chi connectivity index (χ4n) is 3.32. The number of methoxy groups -OCH3 is 1. The van der Waals surface area contributed by atoms with Crippen molar-refractivity contribution in [2.75, 3.05) is 40.0 Å². The van der Waals surface area contributed by atoms with E-state index in [9.17, 15) is 9.59 Å². The number of amides is 1. The highest BCUT2D eigenvalue weighted by Crippen LogP contribution is 2.24. The van der Waals surface area contributed by atoms with Crippen LogP contribution in [-0.4, -0.2) is 65.2 Å². The Hall–Kier alpha value is -2.97. The number of benzene rings is 1. The predicted molar refractivity (Wildman–Crippen MR) is 103 cm³/mol. The van der Waals surface area contributed by atoms with Gasteiger partial charge in [-0.2, -0.15) is 9.78 Å². The molecule has 0 bridgehead atoms. The molecule has 8 nitrogen and oxygen atoms in total. The van der Waals surface area contributed by atoms with Crippen LogP contribution in [0.1, 0.15) is 10.4 Å². The standard InChI is InChI=1S/C20H22N4O4/c1-27-10-7-22-13-16(19(25)23-8-11-28-12-9-23)18-17(14-22)20(26)24(21-18)15-5-3-2-4-6-15/h2-6,13-14H,7-12H2,1H3. The number of ether oxygens (including phenoxy) is 2. The molecule has 0 N–H and O–H groups in total. The highest BCUT2D eigenvalue weighted by Gasteiger charge is 2.28. The summed E-state index contributed by atoms with van der Waals surface area (Å²) in [6.45, 7) is 3.08. The molecular formula is C20H22N4O4. The Labute approximate surface area is 162 Å². The predicted octanol–water partition coefficient (Wildman–Crippen LogP) is 1.26. The first-order chi connectivity index (χ1) is 13.7. The first-order valence-corrected chi connectivity index (χ1v) is 9.23. The second-order valence-corrected chi connectivity index (χ2v) is 6.62. The average Bonchev–Trinajstić information content (AvgIpc) is 3.09. The smallest absolute Gasteiger partial charge is 0.282 e. The summed E-state index contributed by atoms with van der Waals surface area (Å²) < 4.78 is 13.7. The van der Waals surface area contributed by atoms with Gasteiger partial charge in [-0.25, -0.2) is 0 Å². The van der Waals surface area contributed by atoms with Crippen molar-refractivity contribution in [3.05, 3.63) is 58.6 Å². The maximum atomic E-state index is 13.2. The topological polar surface area (TPSA) is 78.6 Å². The lowest BCUT2D eigenvalue weighted by molar-refractivity contribution is 0.0302. The lowest BCUT2D eigenvalue weighted by Crippen LogP contribution is -2.41. The Morgan fingerprint density at radius 2 is 1.93 bits per heavy atom. The minimum atomic E-state index is -0.246. The lowest BCUT2D eigenvalue weighted by atomic mass is 10.1. The number of aromatic nitrogens is 3. The van der Waals surface area contributed by atoms with Gasteiger partial charge < -0.3 is 18.9 Å². The van der Waals surface area contributed by atoms with Gasteiger partial charge in [-0.15, -0.1) is 0 Å². The van der Waals surface area contributed by atoms with Gasteiger partial charge in [-0.3, -0.25) is 9.59 Å². The van der Waals surface area contributed by atoms with E-state index < -0.39 is 0 Å². The molecule has 1 aromatic carbocycles. The maximum Gasteiger partial charge on any atom is 0.282 e. The number of hydrogen-bond acceptors (Lipinski definition) is 5. The normalized spacial score (nSPS) is 14.5. The molecule has 1 saturated heterocycles. The van der Waals surface area contributed by atoms with Gasteiger partial charge in [0.05, 0.1) is 36.6 Å². The summed E-state index contributed by atoms with van der Waals surface area (Å²) in [6.07, 6.45) is 3.49. The second-order valence-electron chi connectivity index (χ2n) is 6.62. The van der Waals surface area contributed by atoms with Crippen LogP contribution in [0.4, 0.5) is 0 Å². The van der Waals surface area contributed by atoms with Crippen LogP contribution < -0.4 is 5.56 Å². The number of rotatable bonds is 5. The summed E-state index contributed by atoms with van der Waals surface area (Å²) in [6, 6.07) is 9.20. The molecule has 1 amide bonds. The summed E-state index contributed by atoms with van der Waals surface area (Å²) in [7, 11) is 1.62.